The van der Waals surface area contributed by atoms with Crippen LogP contribution in [0.25, 0.3) is 11.4 Å². The molecule has 0 saturated carbocycles. The Hall–Kier alpha value is -7.00. The Morgan fingerprint density at radius 1 is 0.811 bits per heavy atom. The molecular formula is C51H61F5N10O8. The van der Waals surface area contributed by atoms with E-state index in [0.717, 1.165) is 76.6 Å². The number of aliphatic hydroxyl groups excluding tert-OH is 1. The van der Waals surface area contributed by atoms with E-state index in [2.05, 4.69) is 57.4 Å². The maximum atomic E-state index is 16.0. The fourth-order valence-corrected chi connectivity index (χ4v) is 8.08. The predicted octanol–water partition coefficient (Wildman–Crippen LogP) is 4.74. The lowest BCUT2D eigenvalue weighted by Crippen LogP contribution is -2.63. The maximum absolute atomic E-state index is 16.0. The first-order valence-electron chi connectivity index (χ1n) is 23.7. The number of hydrogen-bond acceptors (Lipinski definition) is 14. The molecule has 0 spiro atoms. The number of carbonyl (C=O) groups is 4. The first kappa shape index (κ1) is 56.3. The summed E-state index contributed by atoms with van der Waals surface area (Å²) in [7, 11) is 1.98. The van der Waals surface area contributed by atoms with E-state index in [9.17, 15) is 37.5 Å². The molecule has 2 aromatic heterocycles. The van der Waals surface area contributed by atoms with Gasteiger partial charge in [0.25, 0.3) is 5.91 Å². The molecule has 4 atom stereocenters. The highest BCUT2D eigenvalue weighted by molar-refractivity contribution is 5.87. The molecule has 23 heteroatoms. The molecule has 74 heavy (non-hydrogen) atoms. The molecule has 4 amide bonds. The van der Waals surface area contributed by atoms with Gasteiger partial charge in [0.2, 0.25) is 5.91 Å². The molecule has 0 radical (unpaired) electrons. The Morgan fingerprint density at radius 2 is 1.39 bits per heavy atom. The van der Waals surface area contributed by atoms with Gasteiger partial charge in [-0.05, 0) is 73.7 Å². The lowest BCUT2D eigenvalue weighted by Gasteiger charge is -2.42. The van der Waals surface area contributed by atoms with E-state index in [1.807, 2.05) is 17.4 Å². The van der Waals surface area contributed by atoms with Crippen molar-refractivity contribution >= 4 is 29.8 Å². The number of nitrogens with one attached hydrogen (secondary N) is 4. The van der Waals surface area contributed by atoms with Crippen molar-refractivity contribution in [2.24, 2.45) is 10.8 Å². The second-order valence-electron chi connectivity index (χ2n) is 19.5. The van der Waals surface area contributed by atoms with Crippen molar-refractivity contribution < 1.29 is 60.4 Å². The highest BCUT2D eigenvalue weighted by Gasteiger charge is 2.56. The number of aromatic nitrogens is 3. The number of alkyl halides is 3. The van der Waals surface area contributed by atoms with Crippen molar-refractivity contribution in [3.05, 3.63) is 107 Å². The molecule has 2 aliphatic rings. The zero-order chi connectivity index (χ0) is 54.0. The molecule has 2 aliphatic heterocycles. The van der Waals surface area contributed by atoms with Crippen LogP contribution in [0.3, 0.4) is 0 Å². The molecule has 4 aromatic rings. The monoisotopic (exact) mass is 1040 g/mol. The van der Waals surface area contributed by atoms with E-state index in [4.69, 9.17) is 9.47 Å². The summed E-state index contributed by atoms with van der Waals surface area (Å²) in [5, 5.41) is 19.9. The summed E-state index contributed by atoms with van der Waals surface area (Å²) in [6.45, 7) is 9.75. The first-order valence-corrected chi connectivity index (χ1v) is 23.7. The van der Waals surface area contributed by atoms with Gasteiger partial charge in [-0.25, -0.2) is 38.3 Å². The molecule has 18 nitrogen and oxygen atoms in total. The molecule has 0 bridgehead atoms. The third-order valence-corrected chi connectivity index (χ3v) is 12.8. The number of anilines is 1. The SMILES string of the molecule is COC(=O)N[C@H](C(=O)NN(Cc1c(F)cc(-c2ncccn2)cc1F)C[C@H](O)[C@H](Cc1ccc(C#Cc2ccc(N3CCN(C4COC4)CC3)nc2)cc1)NC(=O)[C@@H](NC(=O)OC)C(C)(C)C(F)(F)F)C(C)(C)C. The quantitative estimate of drug-likeness (QED) is 0.0550. The van der Waals surface area contributed by atoms with Crippen LogP contribution in [0.5, 0.6) is 0 Å². The number of piperazine rings is 1. The topological polar surface area (TPSA) is 213 Å². The number of alkyl carbamates (subject to hydrolysis) is 2. The number of methoxy groups -OCH3 is 2. The second-order valence-corrected chi connectivity index (χ2v) is 19.5. The molecule has 2 fully saturated rings. The number of rotatable bonds is 17. The molecule has 5 N–H and O–H groups in total. The van der Waals surface area contributed by atoms with E-state index < -0.39 is 95.5 Å². The molecule has 398 valence electrons. The van der Waals surface area contributed by atoms with E-state index in [1.165, 1.54) is 18.5 Å². The molecular weight excluding hydrogens is 976 g/mol. The van der Waals surface area contributed by atoms with Crippen LogP contribution in [-0.2, 0) is 36.8 Å². The highest BCUT2D eigenvalue weighted by atomic mass is 19.4. The third kappa shape index (κ3) is 14.6. The van der Waals surface area contributed by atoms with E-state index >= 15 is 8.78 Å². The third-order valence-electron chi connectivity index (χ3n) is 12.8. The highest BCUT2D eigenvalue weighted by Crippen LogP contribution is 2.40. The molecule has 0 aliphatic carbocycles. The Labute approximate surface area is 425 Å². The minimum absolute atomic E-state index is 0.00878. The molecule has 6 rings (SSSR count). The van der Waals surface area contributed by atoms with Gasteiger partial charge in [-0.3, -0.25) is 19.9 Å². The van der Waals surface area contributed by atoms with Gasteiger partial charge in [-0.1, -0.05) is 44.7 Å². The summed E-state index contributed by atoms with van der Waals surface area (Å²) in [4.78, 5) is 70.2. The van der Waals surface area contributed by atoms with E-state index in [1.54, 1.807) is 51.2 Å². The average molecular weight is 1040 g/mol. The van der Waals surface area contributed by atoms with Crippen LogP contribution in [0.4, 0.5) is 37.4 Å². The Bertz CT molecular complexity index is 2610. The van der Waals surface area contributed by atoms with Crippen LogP contribution in [0, 0.1) is 34.3 Å². The molecule has 2 aromatic carbocycles. The fourth-order valence-electron chi connectivity index (χ4n) is 8.08. The van der Waals surface area contributed by atoms with Gasteiger partial charge >= 0.3 is 18.4 Å². The standard InChI is InChI=1S/C51H61F5N10O8/c1-49(2,3)42(61-47(70)72-6)46(69)63-66(27-36-37(52)24-34(25-38(36)53)44-57-17-8-18-58-44)28-40(67)39(60-45(68)43(62-48(71)73-7)50(4,5)51(54,55)56)23-32-12-9-31(10-13-32)11-14-33-15-16-41(59-26-33)65-21-19-64(20-22-65)35-29-74-30-35/h8-10,12-13,15-18,24-26,35,39-40,42-43,67H,19-23,27-30H2,1-7H3,(H,60,68)(H,61,70)(H,62,71)(H,63,69)/t39-,40-,42+,43+/m0/s1. The van der Waals surface area contributed by atoms with Gasteiger partial charge < -0.3 is 40.2 Å². The molecule has 2 saturated heterocycles. The number of carbonyl (C=O) groups excluding carboxylic acids is 4. The lowest BCUT2D eigenvalue weighted by atomic mass is 9.82. The first-order chi connectivity index (χ1) is 35.0. The summed E-state index contributed by atoms with van der Waals surface area (Å²) >= 11 is 0. The van der Waals surface area contributed by atoms with E-state index in [-0.39, 0.29) is 17.8 Å². The number of aliphatic hydroxyl groups is 1. The molecule has 0 unspecified atom stereocenters. The van der Waals surface area contributed by atoms with Crippen molar-refractivity contribution in [2.75, 3.05) is 65.1 Å². The number of nitrogens with zero attached hydrogens (tertiary/aromatic N) is 6. The summed E-state index contributed by atoms with van der Waals surface area (Å²) in [6.07, 6.45) is -5.09. The van der Waals surface area contributed by atoms with Gasteiger partial charge in [-0.2, -0.15) is 13.2 Å². The lowest BCUT2D eigenvalue weighted by molar-refractivity contribution is -0.220. The number of amides is 4. The zero-order valence-corrected chi connectivity index (χ0v) is 42.1. The van der Waals surface area contributed by atoms with Crippen molar-refractivity contribution in [1.82, 2.24) is 46.2 Å². The maximum Gasteiger partial charge on any atom is 0.407 e. The van der Waals surface area contributed by atoms with Gasteiger partial charge in [0.15, 0.2) is 5.82 Å². The normalized spacial score (nSPS) is 16.1. The van der Waals surface area contributed by atoms with Gasteiger partial charge in [0.1, 0.15) is 29.5 Å². The minimum Gasteiger partial charge on any atom is -0.453 e. The Kier molecular flexibility index (Phi) is 18.5. The molecule has 4 heterocycles. The van der Waals surface area contributed by atoms with Crippen molar-refractivity contribution in [2.45, 2.75) is 84.0 Å². The minimum atomic E-state index is -5.06. The Balaban J connectivity index is 1.28. The van der Waals surface area contributed by atoms with Crippen LogP contribution in [-0.4, -0.2) is 151 Å². The van der Waals surface area contributed by atoms with Crippen LogP contribution in [0.15, 0.2) is 73.2 Å². The number of halogens is 5. The second kappa shape index (κ2) is 24.4. The number of pyridine rings is 1. The van der Waals surface area contributed by atoms with Crippen LogP contribution < -0.4 is 26.3 Å². The van der Waals surface area contributed by atoms with Crippen LogP contribution >= 0.6 is 0 Å². The largest absolute Gasteiger partial charge is 0.453 e. The van der Waals surface area contributed by atoms with Crippen LogP contribution in [0.2, 0.25) is 0 Å². The van der Waals surface area contributed by atoms with Crippen LogP contribution in [0.1, 0.15) is 56.9 Å². The predicted molar refractivity (Wildman–Crippen MR) is 261 cm³/mol. The number of hydrogen-bond donors (Lipinski definition) is 5. The zero-order valence-electron chi connectivity index (χ0n) is 42.1. The fraction of sp³-hybridized carbons (Fsp3) is 0.471. The average Bonchev–Trinajstić information content (AvgIpc) is 3.34. The Morgan fingerprint density at radius 3 is 1.92 bits per heavy atom. The van der Waals surface area contributed by atoms with Gasteiger partial charge in [0.05, 0.1) is 51.0 Å². The summed E-state index contributed by atoms with van der Waals surface area (Å²) in [5.41, 5.74) is -0.364. The number of benzene rings is 2. The van der Waals surface area contributed by atoms with Crippen molar-refractivity contribution in [3.8, 4) is 23.2 Å². The summed E-state index contributed by atoms with van der Waals surface area (Å²) < 4.78 is 90.2. The van der Waals surface area contributed by atoms with Gasteiger partial charge in [-0.15, -0.1) is 0 Å². The summed E-state index contributed by atoms with van der Waals surface area (Å²) in [6, 6.07) is 9.06. The number of ether oxygens (including phenoxy) is 3. The van der Waals surface area contributed by atoms with Crippen molar-refractivity contribution in [1.29, 1.82) is 0 Å². The number of hydrazine groups is 1. The summed E-state index contributed by atoms with van der Waals surface area (Å²) in [5.74, 6) is 2.51. The smallest absolute Gasteiger partial charge is 0.407 e. The van der Waals surface area contributed by atoms with E-state index in [0.29, 0.717) is 36.6 Å². The van der Waals surface area contributed by atoms with Gasteiger partial charge in [0, 0.05) is 80.1 Å². The van der Waals surface area contributed by atoms with Crippen molar-refractivity contribution in [3.63, 3.8) is 0 Å².